The molecule has 0 amide bonds. The molecule has 0 heterocycles. The summed E-state index contributed by atoms with van der Waals surface area (Å²) in [5.41, 5.74) is 5.29. The number of allylic oxidation sites excluding steroid dienone is 2. The normalized spacial score (nSPS) is 11.5. The molecule has 2 N–H and O–H groups in total. The van der Waals surface area contributed by atoms with Crippen LogP contribution in [0, 0.1) is 0 Å². The van der Waals surface area contributed by atoms with Gasteiger partial charge in [-0.3, -0.25) is 9.59 Å². The highest BCUT2D eigenvalue weighted by molar-refractivity contribution is 6.45. The van der Waals surface area contributed by atoms with Crippen molar-refractivity contribution in [1.82, 2.24) is 0 Å². The molecule has 15 heavy (non-hydrogen) atoms. The van der Waals surface area contributed by atoms with E-state index in [0.717, 1.165) is 12.2 Å². The lowest BCUT2D eigenvalue weighted by molar-refractivity contribution is -0.131. The van der Waals surface area contributed by atoms with E-state index in [4.69, 9.17) is 15.2 Å². The maximum Gasteiger partial charge on any atom is 0.231 e. The minimum absolute atomic E-state index is 0.0688. The van der Waals surface area contributed by atoms with E-state index in [1.807, 2.05) is 0 Å². The average molecular weight is 213 g/mol. The summed E-state index contributed by atoms with van der Waals surface area (Å²) in [6.07, 6.45) is 3.16. The zero-order chi connectivity index (χ0) is 11.7. The van der Waals surface area contributed by atoms with Crippen molar-refractivity contribution in [2.45, 2.75) is 13.8 Å². The molecule has 84 valence electrons. The van der Waals surface area contributed by atoms with Gasteiger partial charge in [0.1, 0.15) is 0 Å². The summed E-state index contributed by atoms with van der Waals surface area (Å²) in [5.74, 6) is -1.51. The molecule has 0 bridgehead atoms. The molecule has 0 radical (unpaired) electrons. The second-order valence-corrected chi connectivity index (χ2v) is 2.47. The topological polar surface area (TPSA) is 78.6 Å². The Bertz CT molecular complexity index is 281. The van der Waals surface area contributed by atoms with Crippen molar-refractivity contribution in [2.75, 3.05) is 13.2 Å². The van der Waals surface area contributed by atoms with E-state index in [1.54, 1.807) is 13.8 Å². The predicted molar refractivity (Wildman–Crippen MR) is 54.7 cm³/mol. The Morgan fingerprint density at radius 3 is 2.40 bits per heavy atom. The van der Waals surface area contributed by atoms with Crippen LogP contribution in [0.2, 0.25) is 0 Å². The van der Waals surface area contributed by atoms with Gasteiger partial charge in [-0.15, -0.1) is 0 Å². The van der Waals surface area contributed by atoms with Gasteiger partial charge >= 0.3 is 0 Å². The van der Waals surface area contributed by atoms with E-state index >= 15 is 0 Å². The molecule has 0 aromatic rings. The van der Waals surface area contributed by atoms with E-state index in [0.29, 0.717) is 13.2 Å². The van der Waals surface area contributed by atoms with Crippen LogP contribution in [0.4, 0.5) is 0 Å². The van der Waals surface area contributed by atoms with Crippen molar-refractivity contribution < 1.29 is 19.1 Å². The fourth-order valence-electron chi connectivity index (χ4n) is 0.697. The Morgan fingerprint density at radius 2 is 1.87 bits per heavy atom. The fraction of sp³-hybridized carbons (Fsp3) is 0.400. The molecule has 0 fully saturated rings. The first-order valence-corrected chi connectivity index (χ1v) is 4.58. The molecule has 0 spiro atoms. The van der Waals surface area contributed by atoms with Crippen molar-refractivity contribution in [3.8, 4) is 0 Å². The number of carbonyl (C=O) groups excluding carboxylic acids is 2. The molecule has 0 aliphatic rings. The minimum atomic E-state index is -0.739. The third-order valence-electron chi connectivity index (χ3n) is 1.31. The summed E-state index contributed by atoms with van der Waals surface area (Å²) in [6.45, 7) is 4.28. The van der Waals surface area contributed by atoms with Gasteiger partial charge in [0, 0.05) is 12.2 Å². The summed E-state index contributed by atoms with van der Waals surface area (Å²) in [4.78, 5) is 22.2. The van der Waals surface area contributed by atoms with Crippen molar-refractivity contribution in [3.63, 3.8) is 0 Å². The van der Waals surface area contributed by atoms with Gasteiger partial charge in [-0.2, -0.15) is 0 Å². The van der Waals surface area contributed by atoms with Gasteiger partial charge in [-0.05, 0) is 13.8 Å². The zero-order valence-electron chi connectivity index (χ0n) is 8.86. The monoisotopic (exact) mass is 213 g/mol. The maximum absolute atomic E-state index is 11.1. The summed E-state index contributed by atoms with van der Waals surface area (Å²) < 4.78 is 9.57. The third kappa shape index (κ3) is 6.31. The number of ketones is 2. The number of carbonyl (C=O) groups is 2. The zero-order valence-corrected chi connectivity index (χ0v) is 8.86. The number of hydrogen-bond donors (Lipinski definition) is 1. The summed E-state index contributed by atoms with van der Waals surface area (Å²) >= 11 is 0. The third-order valence-corrected chi connectivity index (χ3v) is 1.31. The quantitative estimate of drug-likeness (QED) is 0.378. The molecule has 0 saturated carbocycles. The summed E-state index contributed by atoms with van der Waals surface area (Å²) in [5, 5.41) is 0. The predicted octanol–water partition coefficient (Wildman–Crippen LogP) is 0.511. The Kier molecular flexibility index (Phi) is 6.70. The van der Waals surface area contributed by atoms with Crippen LogP contribution in [0.25, 0.3) is 0 Å². The Labute approximate surface area is 88.5 Å². The molecule has 0 rings (SSSR count). The highest BCUT2D eigenvalue weighted by atomic mass is 16.5. The van der Waals surface area contributed by atoms with E-state index in [1.165, 1.54) is 6.26 Å². The van der Waals surface area contributed by atoms with Crippen LogP contribution < -0.4 is 5.73 Å². The first kappa shape index (κ1) is 13.2. The smallest absolute Gasteiger partial charge is 0.231 e. The molecule has 0 aliphatic heterocycles. The van der Waals surface area contributed by atoms with Gasteiger partial charge in [0.05, 0.1) is 19.5 Å². The van der Waals surface area contributed by atoms with Crippen LogP contribution in [0.1, 0.15) is 13.8 Å². The summed E-state index contributed by atoms with van der Waals surface area (Å²) in [6, 6.07) is 0. The maximum atomic E-state index is 11.1. The van der Waals surface area contributed by atoms with Gasteiger partial charge in [-0.1, -0.05) is 0 Å². The van der Waals surface area contributed by atoms with Crippen molar-refractivity contribution in [2.24, 2.45) is 5.73 Å². The fourth-order valence-corrected chi connectivity index (χ4v) is 0.697. The molecule has 0 aromatic carbocycles. The lowest BCUT2D eigenvalue weighted by Gasteiger charge is -1.99. The Balaban J connectivity index is 4.21. The Hall–Kier alpha value is -1.78. The molecular formula is C10H15NO4. The number of rotatable bonds is 7. The SMILES string of the molecule is CCOC=CC(=O)C(=O)C=C(N)OCC. The highest BCUT2D eigenvalue weighted by Crippen LogP contribution is 1.91. The van der Waals surface area contributed by atoms with E-state index in [-0.39, 0.29) is 5.88 Å². The van der Waals surface area contributed by atoms with Crippen LogP contribution in [0.3, 0.4) is 0 Å². The van der Waals surface area contributed by atoms with Gasteiger partial charge < -0.3 is 15.2 Å². The first-order chi connectivity index (χ1) is 7.11. The molecular weight excluding hydrogens is 198 g/mol. The van der Waals surface area contributed by atoms with Crippen LogP contribution in [-0.4, -0.2) is 24.8 Å². The molecule has 5 heteroatoms. The van der Waals surface area contributed by atoms with Crippen LogP contribution in [0.5, 0.6) is 0 Å². The molecule has 5 nitrogen and oxygen atoms in total. The second-order valence-electron chi connectivity index (χ2n) is 2.47. The minimum Gasteiger partial charge on any atom is -0.501 e. The van der Waals surface area contributed by atoms with Crippen molar-refractivity contribution in [1.29, 1.82) is 0 Å². The number of nitrogens with two attached hydrogens (primary N) is 1. The van der Waals surface area contributed by atoms with E-state index in [9.17, 15) is 9.59 Å². The molecule has 0 unspecified atom stereocenters. The molecule has 0 aliphatic carbocycles. The van der Waals surface area contributed by atoms with E-state index < -0.39 is 11.6 Å². The van der Waals surface area contributed by atoms with Gasteiger partial charge in [-0.25, -0.2) is 0 Å². The van der Waals surface area contributed by atoms with Gasteiger partial charge in [0.15, 0.2) is 5.88 Å². The Morgan fingerprint density at radius 1 is 1.20 bits per heavy atom. The first-order valence-electron chi connectivity index (χ1n) is 4.58. The van der Waals surface area contributed by atoms with Crippen LogP contribution in [0.15, 0.2) is 24.3 Å². The second kappa shape index (κ2) is 7.61. The van der Waals surface area contributed by atoms with Crippen LogP contribution >= 0.6 is 0 Å². The van der Waals surface area contributed by atoms with E-state index in [2.05, 4.69) is 0 Å². The largest absolute Gasteiger partial charge is 0.501 e. The standard InChI is InChI=1S/C10H15NO4/c1-3-14-6-5-8(12)9(13)7-10(11)15-4-2/h5-7H,3-4,11H2,1-2H3. The van der Waals surface area contributed by atoms with Crippen molar-refractivity contribution in [3.05, 3.63) is 24.3 Å². The average Bonchev–Trinajstić information content (AvgIpc) is 2.18. The lowest BCUT2D eigenvalue weighted by atomic mass is 10.2. The molecule has 0 atom stereocenters. The number of ether oxygens (including phenoxy) is 2. The number of hydrogen-bond acceptors (Lipinski definition) is 5. The lowest BCUT2D eigenvalue weighted by Crippen LogP contribution is -2.12. The van der Waals surface area contributed by atoms with Crippen LogP contribution in [-0.2, 0) is 19.1 Å². The van der Waals surface area contributed by atoms with Crippen molar-refractivity contribution >= 4 is 11.6 Å². The highest BCUT2D eigenvalue weighted by Gasteiger charge is 2.08. The molecule has 0 saturated heterocycles. The van der Waals surface area contributed by atoms with Gasteiger partial charge in [0.2, 0.25) is 11.6 Å². The summed E-state index contributed by atoms with van der Waals surface area (Å²) in [7, 11) is 0. The molecule has 0 aromatic heterocycles. The van der Waals surface area contributed by atoms with Gasteiger partial charge in [0.25, 0.3) is 0 Å².